The summed E-state index contributed by atoms with van der Waals surface area (Å²) in [5.41, 5.74) is 7.74. The van der Waals surface area contributed by atoms with Crippen molar-refractivity contribution in [3.8, 4) is 5.75 Å². The molecule has 4 N–H and O–H groups in total. The Kier molecular flexibility index (Phi) is 6.30. The van der Waals surface area contributed by atoms with E-state index in [1.165, 1.54) is 6.07 Å². The Balaban J connectivity index is 0.00000200. The van der Waals surface area contributed by atoms with E-state index in [4.69, 9.17) is 17.3 Å². The van der Waals surface area contributed by atoms with Crippen molar-refractivity contribution in [2.24, 2.45) is 5.73 Å². The molecule has 0 unspecified atom stereocenters. The van der Waals surface area contributed by atoms with Gasteiger partial charge in [-0.05, 0) is 23.3 Å². The van der Waals surface area contributed by atoms with Gasteiger partial charge in [-0.1, -0.05) is 48.0 Å². The van der Waals surface area contributed by atoms with Crippen molar-refractivity contribution < 1.29 is 10.2 Å². The Morgan fingerprint density at radius 3 is 2.35 bits per heavy atom. The molecule has 0 radical (unpaired) electrons. The van der Waals surface area contributed by atoms with E-state index in [0.29, 0.717) is 12.0 Å². The van der Waals surface area contributed by atoms with Gasteiger partial charge in [-0.2, -0.15) is 0 Å². The Morgan fingerprint density at radius 1 is 1.10 bits per heavy atom. The highest BCUT2D eigenvalue weighted by Crippen LogP contribution is 2.27. The van der Waals surface area contributed by atoms with E-state index in [1.54, 1.807) is 12.1 Å². The van der Waals surface area contributed by atoms with Gasteiger partial charge in [0.2, 0.25) is 0 Å². The van der Waals surface area contributed by atoms with Crippen LogP contribution < -0.4 is 5.73 Å². The van der Waals surface area contributed by atoms with Crippen LogP contribution in [0, 0.1) is 0 Å². The average molecular weight is 314 g/mol. The summed E-state index contributed by atoms with van der Waals surface area (Å²) in [4.78, 5) is 0. The number of hydrogen-bond donors (Lipinski definition) is 3. The van der Waals surface area contributed by atoms with Gasteiger partial charge in [0.1, 0.15) is 5.75 Å². The van der Waals surface area contributed by atoms with Crippen molar-refractivity contribution in [3.05, 3.63) is 64.7 Å². The summed E-state index contributed by atoms with van der Waals surface area (Å²) in [5, 5.41) is 19.8. The minimum atomic E-state index is -0.706. The molecule has 108 valence electrons. The predicted octanol–water partition coefficient (Wildman–Crippen LogP) is 3.07. The SMILES string of the molecule is Cl.N[C@@H](c1ccc(O)c(Cl)c1)[C@H](O)Cc1ccccc1. The second-order valence-electron chi connectivity index (χ2n) is 4.49. The van der Waals surface area contributed by atoms with Crippen LogP contribution in [0.4, 0.5) is 0 Å². The number of hydrogen-bond acceptors (Lipinski definition) is 3. The summed E-state index contributed by atoms with van der Waals surface area (Å²) in [6.07, 6.45) is -0.233. The van der Waals surface area contributed by atoms with Crippen molar-refractivity contribution in [3.63, 3.8) is 0 Å². The third-order valence-corrected chi connectivity index (χ3v) is 3.36. The van der Waals surface area contributed by atoms with Crippen molar-refractivity contribution in [2.75, 3.05) is 0 Å². The zero-order valence-corrected chi connectivity index (χ0v) is 12.3. The smallest absolute Gasteiger partial charge is 0.134 e. The van der Waals surface area contributed by atoms with Crippen LogP contribution >= 0.6 is 24.0 Å². The highest BCUT2D eigenvalue weighted by atomic mass is 35.5. The van der Waals surface area contributed by atoms with Crippen LogP contribution in [-0.4, -0.2) is 16.3 Å². The fourth-order valence-corrected chi connectivity index (χ4v) is 2.12. The van der Waals surface area contributed by atoms with Crippen LogP contribution in [0.5, 0.6) is 5.75 Å². The molecule has 2 atom stereocenters. The lowest BCUT2D eigenvalue weighted by Gasteiger charge is -2.19. The van der Waals surface area contributed by atoms with Crippen LogP contribution in [0.1, 0.15) is 17.2 Å². The standard InChI is InChI=1S/C15H16ClNO2.ClH/c16-12-9-11(6-7-13(12)18)15(17)14(19)8-10-4-2-1-3-5-10;/h1-7,9,14-15,18-19H,8,17H2;1H/t14-,15+;/m1./s1. The first-order chi connectivity index (χ1) is 9.08. The molecule has 2 aromatic carbocycles. The molecule has 2 aromatic rings. The number of aliphatic hydroxyl groups is 1. The Labute approximate surface area is 129 Å². The maximum Gasteiger partial charge on any atom is 0.134 e. The molecule has 5 heteroatoms. The maximum atomic E-state index is 10.2. The van der Waals surface area contributed by atoms with Crippen LogP contribution in [-0.2, 0) is 6.42 Å². The van der Waals surface area contributed by atoms with E-state index in [1.807, 2.05) is 30.3 Å². The molecule has 0 saturated carbocycles. The van der Waals surface area contributed by atoms with E-state index in [9.17, 15) is 10.2 Å². The molecule has 0 saturated heterocycles. The molecule has 0 amide bonds. The summed E-state index contributed by atoms with van der Waals surface area (Å²) in [6, 6.07) is 13.8. The molecular weight excluding hydrogens is 297 g/mol. The van der Waals surface area contributed by atoms with Crippen LogP contribution in [0.25, 0.3) is 0 Å². The van der Waals surface area contributed by atoms with Gasteiger partial charge in [0.25, 0.3) is 0 Å². The van der Waals surface area contributed by atoms with Crippen molar-refractivity contribution >= 4 is 24.0 Å². The minimum absolute atomic E-state index is 0. The third kappa shape index (κ3) is 4.12. The zero-order chi connectivity index (χ0) is 13.8. The van der Waals surface area contributed by atoms with Crippen LogP contribution in [0.15, 0.2) is 48.5 Å². The highest BCUT2D eigenvalue weighted by molar-refractivity contribution is 6.32. The van der Waals surface area contributed by atoms with Gasteiger partial charge in [0.05, 0.1) is 17.2 Å². The average Bonchev–Trinajstić information content (AvgIpc) is 2.42. The molecule has 0 aliphatic carbocycles. The Hall–Kier alpha value is -1.26. The zero-order valence-electron chi connectivity index (χ0n) is 10.7. The summed E-state index contributed by atoms with van der Waals surface area (Å²) in [6.45, 7) is 0. The first-order valence-electron chi connectivity index (χ1n) is 6.04. The van der Waals surface area contributed by atoms with Crippen molar-refractivity contribution in [1.82, 2.24) is 0 Å². The summed E-state index contributed by atoms with van der Waals surface area (Å²) < 4.78 is 0. The van der Waals surface area contributed by atoms with Gasteiger partial charge in [0.15, 0.2) is 0 Å². The van der Waals surface area contributed by atoms with Gasteiger partial charge in [0, 0.05) is 6.42 Å². The fourth-order valence-electron chi connectivity index (χ4n) is 1.94. The fraction of sp³-hybridized carbons (Fsp3) is 0.200. The number of aliphatic hydroxyl groups excluding tert-OH is 1. The van der Waals surface area contributed by atoms with E-state index in [0.717, 1.165) is 5.56 Å². The van der Waals surface area contributed by atoms with Crippen molar-refractivity contribution in [2.45, 2.75) is 18.6 Å². The molecule has 0 heterocycles. The topological polar surface area (TPSA) is 66.5 Å². The van der Waals surface area contributed by atoms with Crippen LogP contribution in [0.2, 0.25) is 5.02 Å². The monoisotopic (exact) mass is 313 g/mol. The first kappa shape index (κ1) is 16.8. The van der Waals surface area contributed by atoms with Gasteiger partial charge in [-0.15, -0.1) is 12.4 Å². The van der Waals surface area contributed by atoms with Gasteiger partial charge < -0.3 is 15.9 Å². The second-order valence-corrected chi connectivity index (χ2v) is 4.90. The molecule has 2 rings (SSSR count). The highest BCUT2D eigenvalue weighted by Gasteiger charge is 2.18. The molecule has 0 aliphatic rings. The number of phenolic OH excluding ortho intramolecular Hbond substituents is 1. The quantitative estimate of drug-likeness (QED) is 0.812. The molecule has 0 aromatic heterocycles. The van der Waals surface area contributed by atoms with E-state index < -0.39 is 12.1 Å². The normalized spacial score (nSPS) is 13.3. The Bertz CT molecular complexity index is 549. The summed E-state index contributed by atoms with van der Waals surface area (Å²) in [5.74, 6) is 0.00941. The molecule has 3 nitrogen and oxygen atoms in total. The lowest BCUT2D eigenvalue weighted by molar-refractivity contribution is 0.145. The lowest BCUT2D eigenvalue weighted by Crippen LogP contribution is -2.28. The minimum Gasteiger partial charge on any atom is -0.506 e. The molecule has 0 spiro atoms. The predicted molar refractivity (Wildman–Crippen MR) is 83.4 cm³/mol. The number of aromatic hydroxyl groups is 1. The molecule has 0 fully saturated rings. The number of benzene rings is 2. The van der Waals surface area contributed by atoms with Gasteiger partial charge >= 0.3 is 0 Å². The molecule has 20 heavy (non-hydrogen) atoms. The lowest BCUT2D eigenvalue weighted by atomic mass is 9.97. The summed E-state index contributed by atoms with van der Waals surface area (Å²) >= 11 is 5.84. The van der Waals surface area contributed by atoms with E-state index in [-0.39, 0.29) is 23.2 Å². The molecule has 0 aliphatic heterocycles. The Morgan fingerprint density at radius 2 is 1.75 bits per heavy atom. The largest absolute Gasteiger partial charge is 0.506 e. The maximum absolute atomic E-state index is 10.2. The van der Waals surface area contributed by atoms with Crippen LogP contribution in [0.3, 0.4) is 0 Å². The number of phenols is 1. The first-order valence-corrected chi connectivity index (χ1v) is 6.41. The van der Waals surface area contributed by atoms with E-state index >= 15 is 0 Å². The number of halogens is 2. The second kappa shape index (κ2) is 7.50. The molecule has 0 bridgehead atoms. The van der Waals surface area contributed by atoms with Crippen molar-refractivity contribution in [1.29, 1.82) is 0 Å². The third-order valence-electron chi connectivity index (χ3n) is 3.06. The molecular formula is C15H17Cl2NO2. The number of rotatable bonds is 4. The number of nitrogens with two attached hydrogens (primary N) is 1. The van der Waals surface area contributed by atoms with E-state index in [2.05, 4.69) is 0 Å². The van der Waals surface area contributed by atoms with Gasteiger partial charge in [-0.25, -0.2) is 0 Å². The summed E-state index contributed by atoms with van der Waals surface area (Å²) in [7, 11) is 0. The van der Waals surface area contributed by atoms with Gasteiger partial charge in [-0.3, -0.25) is 0 Å².